The zero-order chi connectivity index (χ0) is 13.3. The second kappa shape index (κ2) is 4.25. The van der Waals surface area contributed by atoms with Gasteiger partial charge < -0.3 is 0 Å². The van der Waals surface area contributed by atoms with Gasteiger partial charge in [0.1, 0.15) is 0 Å². The molecule has 1 rings (SSSR count). The van der Waals surface area contributed by atoms with Crippen LogP contribution >= 0.6 is 0 Å². The van der Waals surface area contributed by atoms with Gasteiger partial charge in [-0.05, 0) is 18.2 Å². The molecule has 0 unspecified atom stereocenters. The van der Waals surface area contributed by atoms with E-state index in [0.717, 1.165) is 6.08 Å². The smallest absolute Gasteiger partial charge is 0.211 e. The summed E-state index contributed by atoms with van der Waals surface area (Å²) in [5.74, 6) is -3.45. The third-order valence-electron chi connectivity index (χ3n) is 1.93. The normalized spacial score (nSPS) is 12.1. The van der Waals surface area contributed by atoms with Gasteiger partial charge in [0.25, 0.3) is 5.92 Å². The molecule has 0 fully saturated rings. The van der Waals surface area contributed by atoms with Crippen molar-refractivity contribution in [2.24, 2.45) is 4.99 Å². The van der Waals surface area contributed by atoms with Crippen molar-refractivity contribution in [3.63, 3.8) is 0 Å². The molecule has 0 spiro atoms. The molecule has 0 atom stereocenters. The first-order valence-electron chi connectivity index (χ1n) is 4.33. The molecule has 0 radical (unpaired) electrons. The molecule has 0 aliphatic heterocycles. The second-order valence-corrected chi connectivity index (χ2v) is 3.36. The van der Waals surface area contributed by atoms with Crippen molar-refractivity contribution in [1.82, 2.24) is 0 Å². The molecular weight excluding hydrogens is 245 g/mol. The molecule has 17 heavy (non-hydrogen) atoms. The Morgan fingerprint density at radius 1 is 1.06 bits per heavy atom. The monoisotopic (exact) mass is 251 g/mol. The van der Waals surface area contributed by atoms with Gasteiger partial charge in [0.2, 0.25) is 6.08 Å². The minimum Gasteiger partial charge on any atom is -0.211 e. The first kappa shape index (κ1) is 13.3. The summed E-state index contributed by atoms with van der Waals surface area (Å²) in [6.45, 7) is 0.455. The Kier molecular flexibility index (Phi) is 3.33. The summed E-state index contributed by atoms with van der Waals surface area (Å²) in [7, 11) is 0. The van der Waals surface area contributed by atoms with Crippen LogP contribution in [0, 0.1) is 0 Å². The Hall–Kier alpha value is -1.75. The highest BCUT2D eigenvalue weighted by molar-refractivity contribution is 5.52. The van der Waals surface area contributed by atoms with Crippen LogP contribution in [-0.2, 0) is 16.9 Å². The van der Waals surface area contributed by atoms with Gasteiger partial charge in [-0.2, -0.15) is 18.2 Å². The predicted octanol–water partition coefficient (Wildman–Crippen LogP) is 3.78. The first-order chi connectivity index (χ1) is 7.64. The Balaban J connectivity index is 3.44. The third-order valence-corrected chi connectivity index (χ3v) is 1.93. The maximum absolute atomic E-state index is 12.9. The van der Waals surface area contributed by atoms with E-state index in [4.69, 9.17) is 0 Å². The summed E-state index contributed by atoms with van der Waals surface area (Å²) < 4.78 is 63.0. The van der Waals surface area contributed by atoms with Gasteiger partial charge >= 0.3 is 6.18 Å². The number of isocyanates is 1. The highest BCUT2D eigenvalue weighted by Gasteiger charge is 2.34. The fourth-order valence-corrected chi connectivity index (χ4v) is 1.15. The molecule has 0 aliphatic rings. The zero-order valence-corrected chi connectivity index (χ0v) is 8.48. The molecule has 7 heteroatoms. The predicted molar refractivity (Wildman–Crippen MR) is 48.8 cm³/mol. The summed E-state index contributed by atoms with van der Waals surface area (Å²) in [6, 6.07) is 1.53. The standard InChI is InChI=1S/C10H6F5NO/c1-9(11,12)6-2-7(10(13,14)15)4-8(3-6)16-5-17/h2-4H,1H3. The largest absolute Gasteiger partial charge is 0.416 e. The Morgan fingerprint density at radius 3 is 2.00 bits per heavy atom. The maximum atomic E-state index is 12.9. The zero-order valence-electron chi connectivity index (χ0n) is 8.48. The van der Waals surface area contributed by atoms with Crippen LogP contribution in [0.3, 0.4) is 0 Å². The van der Waals surface area contributed by atoms with Gasteiger partial charge in [-0.3, -0.25) is 0 Å². The van der Waals surface area contributed by atoms with Gasteiger partial charge in [0.05, 0.1) is 11.3 Å². The molecule has 1 aromatic rings. The average molecular weight is 251 g/mol. The molecular formula is C10H6F5NO. The molecule has 0 amide bonds. The first-order valence-corrected chi connectivity index (χ1v) is 4.33. The highest BCUT2D eigenvalue weighted by atomic mass is 19.4. The molecule has 0 bridgehead atoms. The van der Waals surface area contributed by atoms with Crippen LogP contribution in [0.15, 0.2) is 23.2 Å². The van der Waals surface area contributed by atoms with Gasteiger partial charge in [0, 0.05) is 12.5 Å². The third kappa shape index (κ3) is 3.35. The summed E-state index contributed by atoms with van der Waals surface area (Å²) in [4.78, 5) is 12.9. The van der Waals surface area contributed by atoms with Crippen LogP contribution < -0.4 is 0 Å². The number of rotatable bonds is 2. The summed E-state index contributed by atoms with van der Waals surface area (Å²) in [6.07, 6.45) is -3.78. The van der Waals surface area contributed by atoms with Crippen molar-refractivity contribution in [1.29, 1.82) is 0 Å². The number of aliphatic imine (C=N–C) groups is 1. The van der Waals surface area contributed by atoms with Gasteiger partial charge in [-0.15, -0.1) is 0 Å². The molecule has 2 nitrogen and oxygen atoms in total. The summed E-state index contributed by atoms with van der Waals surface area (Å²) in [5.41, 5.74) is -2.65. The SMILES string of the molecule is CC(F)(F)c1cc(N=C=O)cc(C(F)(F)F)c1. The van der Waals surface area contributed by atoms with Crippen molar-refractivity contribution >= 4 is 11.8 Å². The van der Waals surface area contributed by atoms with E-state index in [-0.39, 0.29) is 0 Å². The molecule has 1 aromatic carbocycles. The van der Waals surface area contributed by atoms with Crippen LogP contribution in [-0.4, -0.2) is 6.08 Å². The van der Waals surface area contributed by atoms with Crippen LogP contribution in [0.5, 0.6) is 0 Å². The number of benzene rings is 1. The van der Waals surface area contributed by atoms with E-state index in [1.54, 1.807) is 0 Å². The van der Waals surface area contributed by atoms with E-state index in [9.17, 15) is 26.7 Å². The van der Waals surface area contributed by atoms with Crippen molar-refractivity contribution < 1.29 is 26.7 Å². The topological polar surface area (TPSA) is 29.4 Å². The number of alkyl halides is 5. The van der Waals surface area contributed by atoms with E-state index >= 15 is 0 Å². The lowest BCUT2D eigenvalue weighted by Gasteiger charge is -2.14. The molecule has 0 aliphatic carbocycles. The van der Waals surface area contributed by atoms with E-state index in [2.05, 4.69) is 4.99 Å². The molecule has 0 N–H and O–H groups in total. The van der Waals surface area contributed by atoms with Crippen molar-refractivity contribution in [3.8, 4) is 0 Å². The Labute approximate surface area is 92.8 Å². The maximum Gasteiger partial charge on any atom is 0.416 e. The quantitative estimate of drug-likeness (QED) is 0.446. The van der Waals surface area contributed by atoms with E-state index in [0.29, 0.717) is 25.1 Å². The van der Waals surface area contributed by atoms with Gasteiger partial charge in [0.15, 0.2) is 0 Å². The van der Waals surface area contributed by atoms with E-state index in [1.165, 1.54) is 0 Å². The van der Waals surface area contributed by atoms with Crippen LogP contribution in [0.1, 0.15) is 18.1 Å². The van der Waals surface area contributed by atoms with E-state index in [1.807, 2.05) is 0 Å². The molecule has 0 saturated heterocycles. The second-order valence-electron chi connectivity index (χ2n) is 3.36. The van der Waals surface area contributed by atoms with Crippen molar-refractivity contribution in [3.05, 3.63) is 29.3 Å². The lowest BCUT2D eigenvalue weighted by Crippen LogP contribution is -2.11. The lowest BCUT2D eigenvalue weighted by atomic mass is 10.0. The van der Waals surface area contributed by atoms with Gasteiger partial charge in [-0.25, -0.2) is 13.6 Å². The number of halogens is 5. The van der Waals surface area contributed by atoms with E-state index < -0.39 is 28.9 Å². The highest BCUT2D eigenvalue weighted by Crippen LogP contribution is 2.37. The minimum atomic E-state index is -4.78. The van der Waals surface area contributed by atoms with Gasteiger partial charge in [-0.1, -0.05) is 0 Å². The average Bonchev–Trinajstić information content (AvgIpc) is 2.15. The molecule has 0 saturated carbocycles. The van der Waals surface area contributed by atoms with Crippen LogP contribution in [0.4, 0.5) is 27.6 Å². The van der Waals surface area contributed by atoms with Crippen LogP contribution in [0.25, 0.3) is 0 Å². The molecule has 0 aromatic heterocycles. The van der Waals surface area contributed by atoms with Crippen LogP contribution in [0.2, 0.25) is 0 Å². The fourth-order valence-electron chi connectivity index (χ4n) is 1.15. The Bertz CT molecular complexity index is 436. The number of nitrogens with zero attached hydrogens (tertiary/aromatic N) is 1. The molecule has 0 heterocycles. The molecule has 92 valence electrons. The Morgan fingerprint density at radius 2 is 1.59 bits per heavy atom. The minimum absolute atomic E-state index is 0.323. The number of carbonyl (C=O) groups excluding carboxylic acids is 1. The summed E-state index contributed by atoms with van der Waals surface area (Å²) >= 11 is 0. The number of hydrogen-bond donors (Lipinski definition) is 0. The van der Waals surface area contributed by atoms with Crippen molar-refractivity contribution in [2.45, 2.75) is 19.0 Å². The van der Waals surface area contributed by atoms with Crippen molar-refractivity contribution in [2.75, 3.05) is 0 Å². The fraction of sp³-hybridized carbons (Fsp3) is 0.300. The lowest BCUT2D eigenvalue weighted by molar-refractivity contribution is -0.137. The number of hydrogen-bond acceptors (Lipinski definition) is 2. The summed E-state index contributed by atoms with van der Waals surface area (Å²) in [5, 5.41) is 0.